The van der Waals surface area contributed by atoms with Crippen LogP contribution in [0.15, 0.2) is 18.3 Å². The van der Waals surface area contributed by atoms with Crippen LogP contribution < -0.4 is 10.6 Å². The standard InChI is InChI=1S/C10H13N3O/c1-11-9-5-2-7(6-12-9)10(14)13-8-3-4-8/h2,5-6,8H,3-4H2,1H3,(H,11,12)(H,13,14). The molecular formula is C10H13N3O. The Morgan fingerprint density at radius 1 is 1.50 bits per heavy atom. The predicted molar refractivity (Wildman–Crippen MR) is 54.3 cm³/mol. The average Bonchev–Trinajstić information content (AvgIpc) is 3.02. The summed E-state index contributed by atoms with van der Waals surface area (Å²) in [7, 11) is 1.80. The Bertz CT molecular complexity index is 330. The van der Waals surface area contributed by atoms with Crippen LogP contribution in [0.3, 0.4) is 0 Å². The summed E-state index contributed by atoms with van der Waals surface area (Å²) in [5.74, 6) is 0.746. The molecule has 2 N–H and O–H groups in total. The van der Waals surface area contributed by atoms with E-state index >= 15 is 0 Å². The molecule has 0 saturated heterocycles. The number of nitrogens with zero attached hydrogens (tertiary/aromatic N) is 1. The summed E-state index contributed by atoms with van der Waals surface area (Å²) < 4.78 is 0. The highest BCUT2D eigenvalue weighted by molar-refractivity contribution is 5.94. The number of carbonyl (C=O) groups excluding carboxylic acids is 1. The molecule has 0 atom stereocenters. The third-order valence-electron chi connectivity index (χ3n) is 2.19. The fourth-order valence-corrected chi connectivity index (χ4v) is 1.17. The van der Waals surface area contributed by atoms with Crippen LogP contribution >= 0.6 is 0 Å². The number of rotatable bonds is 3. The molecule has 0 aromatic carbocycles. The number of carbonyl (C=O) groups is 1. The molecule has 1 aromatic rings. The smallest absolute Gasteiger partial charge is 0.253 e. The van der Waals surface area contributed by atoms with Gasteiger partial charge in [0.25, 0.3) is 5.91 Å². The average molecular weight is 191 g/mol. The van der Waals surface area contributed by atoms with E-state index in [1.54, 1.807) is 25.4 Å². The number of nitrogens with one attached hydrogen (secondary N) is 2. The molecule has 1 heterocycles. The molecule has 2 rings (SSSR count). The van der Waals surface area contributed by atoms with Crippen LogP contribution in [-0.2, 0) is 0 Å². The van der Waals surface area contributed by atoms with Gasteiger partial charge in [0.2, 0.25) is 0 Å². The van der Waals surface area contributed by atoms with Gasteiger partial charge in [-0.25, -0.2) is 4.98 Å². The van der Waals surface area contributed by atoms with Crippen LogP contribution in [0.25, 0.3) is 0 Å². The monoisotopic (exact) mass is 191 g/mol. The highest BCUT2D eigenvalue weighted by atomic mass is 16.1. The van der Waals surface area contributed by atoms with Crippen molar-refractivity contribution in [2.75, 3.05) is 12.4 Å². The molecule has 1 aromatic heterocycles. The van der Waals surface area contributed by atoms with E-state index < -0.39 is 0 Å². The Hall–Kier alpha value is -1.58. The maximum Gasteiger partial charge on any atom is 0.253 e. The summed E-state index contributed by atoms with van der Waals surface area (Å²) in [6.45, 7) is 0. The van der Waals surface area contributed by atoms with E-state index in [4.69, 9.17) is 0 Å². The first-order valence-corrected chi connectivity index (χ1v) is 4.74. The van der Waals surface area contributed by atoms with Gasteiger partial charge in [0.15, 0.2) is 0 Å². The van der Waals surface area contributed by atoms with Crippen LogP contribution in [0.4, 0.5) is 5.82 Å². The van der Waals surface area contributed by atoms with Crippen LogP contribution in [0, 0.1) is 0 Å². The maximum absolute atomic E-state index is 11.5. The fraction of sp³-hybridized carbons (Fsp3) is 0.400. The molecule has 74 valence electrons. The summed E-state index contributed by atoms with van der Waals surface area (Å²) in [5.41, 5.74) is 0.621. The molecule has 1 amide bonds. The first kappa shape index (κ1) is 8.99. The zero-order valence-electron chi connectivity index (χ0n) is 8.08. The van der Waals surface area contributed by atoms with Crippen molar-refractivity contribution in [3.05, 3.63) is 23.9 Å². The molecule has 0 bridgehead atoms. The van der Waals surface area contributed by atoms with E-state index in [2.05, 4.69) is 15.6 Å². The molecule has 0 unspecified atom stereocenters. The van der Waals surface area contributed by atoms with Crippen molar-refractivity contribution in [2.24, 2.45) is 0 Å². The van der Waals surface area contributed by atoms with Gasteiger partial charge in [0.05, 0.1) is 5.56 Å². The number of aromatic nitrogens is 1. The molecule has 1 aliphatic carbocycles. The minimum absolute atomic E-state index is 0.0253. The molecule has 14 heavy (non-hydrogen) atoms. The normalized spacial score (nSPS) is 14.9. The first-order chi connectivity index (χ1) is 6.79. The van der Waals surface area contributed by atoms with Crippen molar-refractivity contribution in [1.82, 2.24) is 10.3 Å². The summed E-state index contributed by atoms with van der Waals surface area (Å²) >= 11 is 0. The third-order valence-corrected chi connectivity index (χ3v) is 2.19. The van der Waals surface area contributed by atoms with Gasteiger partial charge in [-0.1, -0.05) is 0 Å². The van der Waals surface area contributed by atoms with E-state index in [0.717, 1.165) is 18.7 Å². The molecular weight excluding hydrogens is 178 g/mol. The number of hydrogen-bond donors (Lipinski definition) is 2. The topological polar surface area (TPSA) is 54.0 Å². The van der Waals surface area contributed by atoms with Gasteiger partial charge in [-0.05, 0) is 25.0 Å². The van der Waals surface area contributed by atoms with Crippen LogP contribution in [0.5, 0.6) is 0 Å². The van der Waals surface area contributed by atoms with Gasteiger partial charge in [0.1, 0.15) is 5.82 Å². The van der Waals surface area contributed by atoms with Crippen LogP contribution in [0.1, 0.15) is 23.2 Å². The summed E-state index contributed by atoms with van der Waals surface area (Å²) in [6.07, 6.45) is 3.80. The largest absolute Gasteiger partial charge is 0.373 e. The molecule has 1 fully saturated rings. The van der Waals surface area contributed by atoms with E-state index in [9.17, 15) is 4.79 Å². The van der Waals surface area contributed by atoms with Gasteiger partial charge in [-0.2, -0.15) is 0 Å². The zero-order valence-corrected chi connectivity index (χ0v) is 8.08. The Balaban J connectivity index is 2.03. The van der Waals surface area contributed by atoms with Crippen molar-refractivity contribution in [3.8, 4) is 0 Å². The second kappa shape index (κ2) is 3.65. The molecule has 0 spiro atoms. The Kier molecular flexibility index (Phi) is 2.35. The van der Waals surface area contributed by atoms with E-state index in [1.165, 1.54) is 0 Å². The minimum atomic E-state index is -0.0253. The maximum atomic E-state index is 11.5. The molecule has 0 aliphatic heterocycles. The molecule has 0 radical (unpaired) electrons. The van der Waals surface area contributed by atoms with Gasteiger partial charge in [-0.3, -0.25) is 4.79 Å². The summed E-state index contributed by atoms with van der Waals surface area (Å²) in [5, 5.41) is 5.81. The second-order valence-corrected chi connectivity index (χ2v) is 3.43. The van der Waals surface area contributed by atoms with Crippen LogP contribution in [-0.4, -0.2) is 24.0 Å². The number of hydrogen-bond acceptors (Lipinski definition) is 3. The van der Waals surface area contributed by atoms with Gasteiger partial charge >= 0.3 is 0 Å². The predicted octanol–water partition coefficient (Wildman–Crippen LogP) is 1.02. The van der Waals surface area contributed by atoms with Crippen molar-refractivity contribution in [2.45, 2.75) is 18.9 Å². The van der Waals surface area contributed by atoms with Crippen molar-refractivity contribution in [1.29, 1.82) is 0 Å². The van der Waals surface area contributed by atoms with Crippen molar-refractivity contribution in [3.63, 3.8) is 0 Å². The van der Waals surface area contributed by atoms with Crippen LogP contribution in [0.2, 0.25) is 0 Å². The Morgan fingerprint density at radius 3 is 2.79 bits per heavy atom. The number of anilines is 1. The van der Waals surface area contributed by atoms with E-state index in [1.807, 2.05) is 0 Å². The quantitative estimate of drug-likeness (QED) is 0.749. The molecule has 4 nitrogen and oxygen atoms in total. The van der Waals surface area contributed by atoms with E-state index in [-0.39, 0.29) is 5.91 Å². The molecule has 1 aliphatic rings. The number of pyridine rings is 1. The summed E-state index contributed by atoms with van der Waals surface area (Å²) in [6, 6.07) is 3.96. The Morgan fingerprint density at radius 2 is 2.29 bits per heavy atom. The molecule has 1 saturated carbocycles. The Labute approximate surface area is 82.7 Å². The number of amides is 1. The SMILES string of the molecule is CNc1ccc(C(=O)NC2CC2)cn1. The van der Waals surface area contributed by atoms with Crippen molar-refractivity contribution >= 4 is 11.7 Å². The van der Waals surface area contributed by atoms with E-state index in [0.29, 0.717) is 11.6 Å². The van der Waals surface area contributed by atoms with Crippen molar-refractivity contribution < 1.29 is 4.79 Å². The zero-order chi connectivity index (χ0) is 9.97. The third kappa shape index (κ3) is 2.02. The lowest BCUT2D eigenvalue weighted by Crippen LogP contribution is -2.25. The van der Waals surface area contributed by atoms with Gasteiger partial charge in [0, 0.05) is 19.3 Å². The fourth-order valence-electron chi connectivity index (χ4n) is 1.17. The first-order valence-electron chi connectivity index (χ1n) is 4.74. The van der Waals surface area contributed by atoms with Gasteiger partial charge < -0.3 is 10.6 Å². The molecule has 4 heteroatoms. The minimum Gasteiger partial charge on any atom is -0.373 e. The highest BCUT2D eigenvalue weighted by Crippen LogP contribution is 2.19. The highest BCUT2D eigenvalue weighted by Gasteiger charge is 2.23. The lowest BCUT2D eigenvalue weighted by Gasteiger charge is -2.03. The van der Waals surface area contributed by atoms with Gasteiger partial charge in [-0.15, -0.1) is 0 Å². The lowest BCUT2D eigenvalue weighted by atomic mass is 10.2. The summed E-state index contributed by atoms with van der Waals surface area (Å²) in [4.78, 5) is 15.6. The second-order valence-electron chi connectivity index (χ2n) is 3.43. The lowest BCUT2D eigenvalue weighted by molar-refractivity contribution is 0.0951.